The van der Waals surface area contributed by atoms with Crippen molar-refractivity contribution in [1.29, 1.82) is 0 Å². The zero-order valence-corrected chi connectivity index (χ0v) is 18.0. The highest BCUT2D eigenvalue weighted by Crippen LogP contribution is 2.55. The number of fused-ring (bicyclic) bond motifs is 2. The molecule has 0 aromatic heterocycles. The minimum absolute atomic E-state index is 0.0564. The average Bonchev–Trinajstić information content (AvgIpc) is 3.00. The lowest BCUT2D eigenvalue weighted by Crippen LogP contribution is -2.38. The van der Waals surface area contributed by atoms with Crippen molar-refractivity contribution in [2.75, 3.05) is 4.90 Å². The van der Waals surface area contributed by atoms with E-state index in [0.29, 0.717) is 5.56 Å². The number of para-hydroxylation sites is 1. The minimum Gasteiger partial charge on any atom is -0.508 e. The second-order valence-corrected chi connectivity index (χ2v) is 8.91. The number of aromatic hydroxyl groups is 1. The maximum absolute atomic E-state index is 13.9. The summed E-state index contributed by atoms with van der Waals surface area (Å²) in [5, 5.41) is 13.1. The zero-order chi connectivity index (χ0) is 21.8. The van der Waals surface area contributed by atoms with Crippen LogP contribution in [0.3, 0.4) is 0 Å². The van der Waals surface area contributed by atoms with Gasteiger partial charge in [0.15, 0.2) is 0 Å². The summed E-state index contributed by atoms with van der Waals surface area (Å²) in [7, 11) is 0. The van der Waals surface area contributed by atoms with E-state index in [9.17, 15) is 9.90 Å². The molecule has 0 saturated heterocycles. The van der Waals surface area contributed by atoms with Gasteiger partial charge in [0.1, 0.15) is 5.75 Å². The van der Waals surface area contributed by atoms with Crippen LogP contribution in [0, 0.1) is 6.92 Å². The topological polar surface area (TPSA) is 40.5 Å². The van der Waals surface area contributed by atoms with Crippen LogP contribution in [0.1, 0.15) is 46.9 Å². The van der Waals surface area contributed by atoms with E-state index in [1.165, 1.54) is 0 Å². The summed E-state index contributed by atoms with van der Waals surface area (Å²) in [6, 6.07) is 27.1. The second kappa shape index (κ2) is 6.98. The summed E-state index contributed by atoms with van der Waals surface area (Å²) in [6.45, 7) is 6.30. The van der Waals surface area contributed by atoms with Crippen molar-refractivity contribution in [3.05, 3.63) is 107 Å². The van der Waals surface area contributed by atoms with Gasteiger partial charge in [-0.05, 0) is 47.5 Å². The summed E-state index contributed by atoms with van der Waals surface area (Å²) < 4.78 is 0. The van der Waals surface area contributed by atoms with Crippen molar-refractivity contribution in [3.63, 3.8) is 0 Å². The fraction of sp³-hybridized carbons (Fsp3) is 0.179. The van der Waals surface area contributed by atoms with Crippen molar-refractivity contribution in [3.8, 4) is 5.75 Å². The molecule has 1 heterocycles. The standard InChI is InChI=1S/C28H25NO2/c1-18-9-8-11-20(17-18)27(31)29-23-14-7-6-13-22(23)28(2,3)26(29)25-21-12-5-4-10-19(21)15-16-24(25)30/h4-17,26,30H,1-3H3/t26-/m1/s1. The van der Waals surface area contributed by atoms with E-state index in [0.717, 1.165) is 33.2 Å². The van der Waals surface area contributed by atoms with Crippen LogP contribution < -0.4 is 4.90 Å². The number of anilines is 1. The van der Waals surface area contributed by atoms with Crippen molar-refractivity contribution >= 4 is 22.4 Å². The van der Waals surface area contributed by atoms with E-state index in [1.54, 1.807) is 6.07 Å². The molecule has 4 aromatic carbocycles. The van der Waals surface area contributed by atoms with E-state index in [1.807, 2.05) is 84.6 Å². The van der Waals surface area contributed by atoms with Gasteiger partial charge in [-0.3, -0.25) is 9.69 Å². The maximum Gasteiger partial charge on any atom is 0.258 e. The molecule has 0 spiro atoms. The van der Waals surface area contributed by atoms with Crippen LogP contribution in [0.5, 0.6) is 5.75 Å². The Morgan fingerprint density at radius 3 is 2.45 bits per heavy atom. The molecule has 1 N–H and O–H groups in total. The number of rotatable bonds is 2. The number of phenols is 1. The Bertz CT molecular complexity index is 1320. The van der Waals surface area contributed by atoms with Gasteiger partial charge < -0.3 is 5.11 Å². The van der Waals surface area contributed by atoms with Crippen molar-refractivity contribution in [2.24, 2.45) is 0 Å². The van der Waals surface area contributed by atoms with Gasteiger partial charge in [0.25, 0.3) is 5.91 Å². The minimum atomic E-state index is -0.391. The Hall–Kier alpha value is -3.59. The highest BCUT2D eigenvalue weighted by Gasteiger charge is 2.49. The number of phenolic OH excluding ortho intramolecular Hbond substituents is 1. The molecule has 0 fully saturated rings. The van der Waals surface area contributed by atoms with Gasteiger partial charge in [0, 0.05) is 22.2 Å². The van der Waals surface area contributed by atoms with Crippen LogP contribution >= 0.6 is 0 Å². The molecule has 1 atom stereocenters. The normalized spacial score (nSPS) is 17.0. The monoisotopic (exact) mass is 407 g/mol. The van der Waals surface area contributed by atoms with Crippen LogP contribution in [0.25, 0.3) is 10.8 Å². The molecule has 0 radical (unpaired) electrons. The van der Waals surface area contributed by atoms with E-state index in [2.05, 4.69) is 19.9 Å². The van der Waals surface area contributed by atoms with Crippen LogP contribution in [-0.2, 0) is 5.41 Å². The van der Waals surface area contributed by atoms with Crippen molar-refractivity contribution < 1.29 is 9.90 Å². The third kappa shape index (κ3) is 2.92. The van der Waals surface area contributed by atoms with Gasteiger partial charge in [0.2, 0.25) is 0 Å². The molecule has 4 aromatic rings. The maximum atomic E-state index is 13.9. The number of hydrogen-bond acceptors (Lipinski definition) is 2. The Morgan fingerprint density at radius 2 is 1.65 bits per heavy atom. The quantitative estimate of drug-likeness (QED) is 0.410. The summed E-state index contributed by atoms with van der Waals surface area (Å²) in [4.78, 5) is 15.8. The molecule has 0 saturated carbocycles. The first-order chi connectivity index (χ1) is 14.9. The van der Waals surface area contributed by atoms with E-state index < -0.39 is 5.41 Å². The molecule has 0 bridgehead atoms. The summed E-state index contributed by atoms with van der Waals surface area (Å²) in [5.41, 5.74) is 4.10. The van der Waals surface area contributed by atoms with Gasteiger partial charge in [-0.2, -0.15) is 0 Å². The first-order valence-electron chi connectivity index (χ1n) is 10.6. The second-order valence-electron chi connectivity index (χ2n) is 8.91. The molecule has 0 unspecified atom stereocenters. The summed E-state index contributed by atoms with van der Waals surface area (Å²) in [6.07, 6.45) is 0. The van der Waals surface area contributed by atoms with Gasteiger partial charge in [-0.15, -0.1) is 0 Å². The van der Waals surface area contributed by atoms with Crippen LogP contribution in [-0.4, -0.2) is 11.0 Å². The lowest BCUT2D eigenvalue weighted by atomic mass is 9.76. The summed E-state index contributed by atoms with van der Waals surface area (Å²) in [5.74, 6) is 0.158. The molecule has 5 rings (SSSR count). The smallest absolute Gasteiger partial charge is 0.258 e. The third-order valence-corrected chi connectivity index (χ3v) is 6.50. The fourth-order valence-corrected chi connectivity index (χ4v) is 5.04. The molecule has 154 valence electrons. The number of nitrogens with zero attached hydrogens (tertiary/aromatic N) is 1. The first-order valence-corrected chi connectivity index (χ1v) is 10.6. The molecule has 3 heteroatoms. The molecule has 1 amide bonds. The molecule has 0 aliphatic carbocycles. The first kappa shape index (κ1) is 19.4. The van der Waals surface area contributed by atoms with Gasteiger partial charge in [0.05, 0.1) is 6.04 Å². The molecule has 31 heavy (non-hydrogen) atoms. The zero-order valence-electron chi connectivity index (χ0n) is 18.0. The van der Waals surface area contributed by atoms with Crippen LogP contribution in [0.2, 0.25) is 0 Å². The predicted molar refractivity (Wildman–Crippen MR) is 126 cm³/mol. The van der Waals surface area contributed by atoms with Crippen LogP contribution in [0.15, 0.2) is 84.9 Å². The SMILES string of the molecule is Cc1cccc(C(=O)N2c3ccccc3C(C)(C)[C@H]2c2c(O)ccc3ccccc23)c1. The van der Waals surface area contributed by atoms with Gasteiger partial charge in [-0.1, -0.05) is 80.1 Å². The van der Waals surface area contributed by atoms with Crippen molar-refractivity contribution in [1.82, 2.24) is 0 Å². The van der Waals surface area contributed by atoms with E-state index >= 15 is 0 Å². The largest absolute Gasteiger partial charge is 0.508 e. The molecule has 1 aliphatic rings. The number of amides is 1. The highest BCUT2D eigenvalue weighted by atomic mass is 16.3. The lowest BCUT2D eigenvalue weighted by molar-refractivity contribution is 0.0971. The van der Waals surface area contributed by atoms with E-state index in [-0.39, 0.29) is 17.7 Å². The Labute approximate surface area is 182 Å². The van der Waals surface area contributed by atoms with Gasteiger partial charge in [-0.25, -0.2) is 0 Å². The van der Waals surface area contributed by atoms with E-state index in [4.69, 9.17) is 0 Å². The van der Waals surface area contributed by atoms with Crippen molar-refractivity contribution in [2.45, 2.75) is 32.2 Å². The predicted octanol–water partition coefficient (Wildman–Crippen LogP) is 6.53. The fourth-order valence-electron chi connectivity index (χ4n) is 5.04. The van der Waals surface area contributed by atoms with Gasteiger partial charge >= 0.3 is 0 Å². The number of benzene rings is 4. The average molecular weight is 408 g/mol. The number of carbonyl (C=O) groups is 1. The highest BCUT2D eigenvalue weighted by molar-refractivity contribution is 6.09. The third-order valence-electron chi connectivity index (χ3n) is 6.50. The number of hydrogen-bond donors (Lipinski definition) is 1. The molecular weight excluding hydrogens is 382 g/mol. The summed E-state index contributed by atoms with van der Waals surface area (Å²) >= 11 is 0. The Kier molecular flexibility index (Phi) is 4.37. The molecule has 1 aliphatic heterocycles. The molecular formula is C28H25NO2. The number of carbonyl (C=O) groups excluding carboxylic acids is 1. The molecule has 3 nitrogen and oxygen atoms in total. The Balaban J connectivity index is 1.80. The van der Waals surface area contributed by atoms with Crippen LogP contribution in [0.4, 0.5) is 5.69 Å². The lowest BCUT2D eigenvalue weighted by Gasteiger charge is -2.35. The number of aryl methyl sites for hydroxylation is 1. The Morgan fingerprint density at radius 1 is 0.903 bits per heavy atom.